The molecule has 0 fully saturated rings. The van der Waals surface area contributed by atoms with Gasteiger partial charge in [0.05, 0.1) is 12.3 Å². The summed E-state index contributed by atoms with van der Waals surface area (Å²) in [6.45, 7) is 4.36. The van der Waals surface area contributed by atoms with Crippen molar-refractivity contribution in [2.24, 2.45) is 5.92 Å². The Labute approximate surface area is 141 Å². The predicted octanol–water partition coefficient (Wildman–Crippen LogP) is 2.78. The van der Waals surface area contributed by atoms with E-state index in [1.54, 1.807) is 0 Å². The molecule has 2 N–H and O–H groups in total. The fourth-order valence-electron chi connectivity index (χ4n) is 2.12. The zero-order valence-corrected chi connectivity index (χ0v) is 13.5. The zero-order chi connectivity index (χ0) is 18.8. The summed E-state index contributed by atoms with van der Waals surface area (Å²) in [6, 6.07) is 5.50. The van der Waals surface area contributed by atoms with Crippen molar-refractivity contribution >= 4 is 5.91 Å². The molecule has 1 aromatic carbocycles. The number of ether oxygens (including phenoxy) is 1. The molecule has 0 radical (unpaired) electrons. The molecule has 0 spiro atoms. The number of amides is 1. The first-order valence-electron chi connectivity index (χ1n) is 7.50. The number of allylic oxidation sites excluding steroid dienone is 1. The molecule has 1 atom stereocenters. The number of rotatable bonds is 6. The molecule has 0 aromatic heterocycles. The Kier molecular flexibility index (Phi) is 5.56. The van der Waals surface area contributed by atoms with Gasteiger partial charge in [-0.15, -0.1) is 0 Å². The number of hydrazine groups is 1. The Balaban J connectivity index is 2.19. The van der Waals surface area contributed by atoms with Crippen LogP contribution in [0.3, 0.4) is 0 Å². The molecule has 1 aromatic rings. The molecule has 0 aliphatic carbocycles. The lowest BCUT2D eigenvalue weighted by molar-refractivity contribution is -0.146. The minimum absolute atomic E-state index is 0.0765. The van der Waals surface area contributed by atoms with Gasteiger partial charge in [-0.3, -0.25) is 10.2 Å². The van der Waals surface area contributed by atoms with Gasteiger partial charge in [-0.05, 0) is 30.2 Å². The topological polar surface area (TPSA) is 61.8 Å². The number of nitrogens with one attached hydrogen (secondary N) is 1. The maximum Gasteiger partial charge on any atom is 0.291 e. The van der Waals surface area contributed by atoms with Crippen molar-refractivity contribution < 1.29 is 32.2 Å². The van der Waals surface area contributed by atoms with E-state index in [4.69, 9.17) is 4.74 Å². The Morgan fingerprint density at radius 3 is 2.32 bits per heavy atom. The molecule has 1 heterocycles. The number of nitrogens with zero attached hydrogens (tertiary/aromatic N) is 1. The molecular formula is C16H18F4N2O3. The van der Waals surface area contributed by atoms with Crippen molar-refractivity contribution in [3.63, 3.8) is 0 Å². The van der Waals surface area contributed by atoms with Crippen molar-refractivity contribution in [3.05, 3.63) is 41.6 Å². The van der Waals surface area contributed by atoms with E-state index >= 15 is 0 Å². The molecule has 0 saturated heterocycles. The summed E-state index contributed by atoms with van der Waals surface area (Å²) in [5.41, 5.74) is -2.35. The predicted molar refractivity (Wildman–Crippen MR) is 81.1 cm³/mol. The lowest BCUT2D eigenvalue weighted by Gasteiger charge is -2.31. The molecule has 5 nitrogen and oxygen atoms in total. The third-order valence-electron chi connectivity index (χ3n) is 3.41. The smallest absolute Gasteiger partial charge is 0.291 e. The first-order valence-corrected chi connectivity index (χ1v) is 7.50. The van der Waals surface area contributed by atoms with Crippen LogP contribution in [-0.2, 0) is 0 Å². The average molecular weight is 362 g/mol. The second kappa shape index (κ2) is 7.30. The number of carbonyl (C=O) groups excluding carboxylic acids is 1. The highest BCUT2D eigenvalue weighted by Gasteiger charge is 2.51. The van der Waals surface area contributed by atoms with Crippen molar-refractivity contribution in [1.82, 2.24) is 10.4 Å². The molecule has 1 aliphatic heterocycles. The standard InChI is InChI=1S/C16H18F4N2O3/c1-9(2)8-25-11-5-3-10(4-6-11)14(23)22-16(24,15(19)20)7-12(21-22)13(17)18/h3-7,9,13,15,21,24H,8H2,1-2H3. The van der Waals surface area contributed by atoms with Gasteiger partial charge in [-0.2, -0.15) is 0 Å². The summed E-state index contributed by atoms with van der Waals surface area (Å²) in [5.74, 6) is -0.324. The van der Waals surface area contributed by atoms with Gasteiger partial charge in [0.25, 0.3) is 18.8 Å². The van der Waals surface area contributed by atoms with Gasteiger partial charge >= 0.3 is 0 Å². The molecule has 0 bridgehead atoms. The van der Waals surface area contributed by atoms with Crippen LogP contribution in [0.25, 0.3) is 0 Å². The van der Waals surface area contributed by atoms with Crippen LogP contribution < -0.4 is 10.2 Å². The number of hydrogen-bond acceptors (Lipinski definition) is 4. The van der Waals surface area contributed by atoms with Gasteiger partial charge in [-0.1, -0.05) is 13.8 Å². The molecule has 9 heteroatoms. The fourth-order valence-corrected chi connectivity index (χ4v) is 2.12. The fraction of sp³-hybridized carbons (Fsp3) is 0.438. The molecule has 1 aliphatic rings. The van der Waals surface area contributed by atoms with Gasteiger partial charge in [-0.25, -0.2) is 22.6 Å². The average Bonchev–Trinajstić information content (AvgIpc) is 2.92. The SMILES string of the molecule is CC(C)COc1ccc(C(=O)N2NC(C(F)F)=CC2(O)C(F)F)cc1. The van der Waals surface area contributed by atoms with Gasteiger partial charge in [0.2, 0.25) is 5.72 Å². The summed E-state index contributed by atoms with van der Waals surface area (Å²) in [5, 5.41) is 10.0. The highest BCUT2D eigenvalue weighted by Crippen LogP contribution is 2.31. The van der Waals surface area contributed by atoms with Crippen LogP contribution in [-0.4, -0.2) is 41.2 Å². The third-order valence-corrected chi connectivity index (χ3v) is 3.41. The second-order valence-corrected chi connectivity index (χ2v) is 5.97. The normalized spacial score (nSPS) is 20.2. The largest absolute Gasteiger partial charge is 0.493 e. The Hall–Kier alpha value is -2.29. The van der Waals surface area contributed by atoms with Crippen molar-refractivity contribution in [1.29, 1.82) is 0 Å². The maximum absolute atomic E-state index is 13.1. The van der Waals surface area contributed by atoms with Crippen LogP contribution in [0.4, 0.5) is 17.6 Å². The van der Waals surface area contributed by atoms with Crippen LogP contribution in [0.15, 0.2) is 36.0 Å². The zero-order valence-electron chi connectivity index (χ0n) is 13.5. The van der Waals surface area contributed by atoms with Gasteiger partial charge in [0.15, 0.2) is 0 Å². The third kappa shape index (κ3) is 4.04. The lowest BCUT2D eigenvalue weighted by Crippen LogP contribution is -2.56. The summed E-state index contributed by atoms with van der Waals surface area (Å²) in [6.07, 6.45) is -6.37. The van der Waals surface area contributed by atoms with E-state index in [0.29, 0.717) is 12.4 Å². The minimum Gasteiger partial charge on any atom is -0.493 e. The number of benzene rings is 1. The molecule has 25 heavy (non-hydrogen) atoms. The van der Waals surface area contributed by atoms with Crippen molar-refractivity contribution in [2.45, 2.75) is 32.4 Å². The van der Waals surface area contributed by atoms with Gasteiger partial charge in [0.1, 0.15) is 5.75 Å². The Bertz CT molecular complexity index is 649. The molecule has 0 saturated carbocycles. The first kappa shape index (κ1) is 19.0. The maximum atomic E-state index is 13.1. The molecule has 138 valence electrons. The number of alkyl halides is 4. The van der Waals surface area contributed by atoms with E-state index in [1.165, 1.54) is 24.3 Å². The Morgan fingerprint density at radius 1 is 1.24 bits per heavy atom. The first-order chi connectivity index (χ1) is 11.6. The van der Waals surface area contributed by atoms with Gasteiger partial charge in [0, 0.05) is 11.6 Å². The van der Waals surface area contributed by atoms with E-state index in [9.17, 15) is 27.5 Å². The summed E-state index contributed by atoms with van der Waals surface area (Å²) >= 11 is 0. The summed E-state index contributed by atoms with van der Waals surface area (Å²) in [4.78, 5) is 12.4. The summed E-state index contributed by atoms with van der Waals surface area (Å²) < 4.78 is 57.2. The van der Waals surface area contributed by atoms with Crippen molar-refractivity contribution in [2.75, 3.05) is 6.61 Å². The second-order valence-electron chi connectivity index (χ2n) is 5.97. The van der Waals surface area contributed by atoms with Crippen LogP contribution >= 0.6 is 0 Å². The lowest BCUT2D eigenvalue weighted by atomic mass is 10.1. The van der Waals surface area contributed by atoms with Gasteiger partial charge < -0.3 is 9.84 Å². The number of carbonyl (C=O) groups is 1. The highest BCUT2D eigenvalue weighted by molar-refractivity contribution is 5.95. The van der Waals surface area contributed by atoms with E-state index in [0.717, 1.165) is 0 Å². The Morgan fingerprint density at radius 2 is 1.84 bits per heavy atom. The van der Waals surface area contributed by atoms with Crippen LogP contribution in [0, 0.1) is 5.92 Å². The molecule has 1 unspecified atom stereocenters. The molecular weight excluding hydrogens is 344 g/mol. The monoisotopic (exact) mass is 362 g/mol. The van der Waals surface area contributed by atoms with E-state index in [2.05, 4.69) is 0 Å². The van der Waals surface area contributed by atoms with E-state index in [1.807, 2.05) is 19.3 Å². The minimum atomic E-state index is -3.48. The van der Waals surface area contributed by atoms with Crippen molar-refractivity contribution in [3.8, 4) is 5.75 Å². The number of halogens is 4. The molecule has 1 amide bonds. The van der Waals surface area contributed by atoms with Crippen LogP contribution in [0.1, 0.15) is 24.2 Å². The van der Waals surface area contributed by atoms with E-state index < -0.39 is 30.2 Å². The van der Waals surface area contributed by atoms with Crippen LogP contribution in [0.2, 0.25) is 0 Å². The number of hydrogen-bond donors (Lipinski definition) is 2. The highest BCUT2D eigenvalue weighted by atomic mass is 19.3. The number of aliphatic hydroxyl groups is 1. The van der Waals surface area contributed by atoms with Crippen LogP contribution in [0.5, 0.6) is 5.75 Å². The molecule has 2 rings (SSSR count). The summed E-state index contributed by atoms with van der Waals surface area (Å²) in [7, 11) is 0. The quantitative estimate of drug-likeness (QED) is 0.764. The van der Waals surface area contributed by atoms with E-state index in [-0.39, 0.29) is 22.6 Å².